The summed E-state index contributed by atoms with van der Waals surface area (Å²) in [7, 11) is 0. The molecule has 0 fully saturated rings. The highest BCUT2D eigenvalue weighted by Crippen LogP contribution is 2.28. The van der Waals surface area contributed by atoms with Crippen LogP contribution < -0.4 is 9.47 Å². The molecule has 0 bridgehead atoms. The normalized spacial score (nSPS) is 11.3. The van der Waals surface area contributed by atoms with Crippen molar-refractivity contribution in [1.82, 2.24) is 0 Å². The molecule has 1 N–H and O–H groups in total. The summed E-state index contributed by atoms with van der Waals surface area (Å²) in [6.45, 7) is 1.74. The summed E-state index contributed by atoms with van der Waals surface area (Å²) in [6.07, 6.45) is -4.71. The van der Waals surface area contributed by atoms with Crippen LogP contribution in [0.15, 0.2) is 42.5 Å². The first-order valence-corrected chi connectivity index (χ1v) is 6.11. The lowest BCUT2D eigenvalue weighted by molar-refractivity contribution is -0.274. The molecule has 0 spiro atoms. The molecule has 0 aromatic heterocycles. The molecule has 0 amide bonds. The minimum Gasteiger partial charge on any atom is -0.457 e. The Morgan fingerprint density at radius 2 is 1.57 bits per heavy atom. The highest BCUT2D eigenvalue weighted by atomic mass is 19.4. The lowest BCUT2D eigenvalue weighted by atomic mass is 10.1. The molecule has 0 aliphatic rings. The van der Waals surface area contributed by atoms with Gasteiger partial charge in [-0.15, -0.1) is 13.2 Å². The summed E-state index contributed by atoms with van der Waals surface area (Å²) in [6, 6.07) is 10.3. The molecule has 0 unspecified atom stereocenters. The number of alkyl halides is 3. The second-order valence-corrected chi connectivity index (χ2v) is 4.43. The van der Waals surface area contributed by atoms with Gasteiger partial charge in [0.2, 0.25) is 0 Å². The maximum absolute atomic E-state index is 12.0. The van der Waals surface area contributed by atoms with Crippen LogP contribution >= 0.6 is 0 Å². The van der Waals surface area contributed by atoms with Gasteiger partial charge in [0.15, 0.2) is 0 Å². The summed E-state index contributed by atoms with van der Waals surface area (Å²) >= 11 is 0. The SMILES string of the molecule is Cc1cc(CO)cc(Oc2ccc(OC(F)(F)F)cc2)c1. The van der Waals surface area contributed by atoms with E-state index >= 15 is 0 Å². The standard InChI is InChI=1S/C15H13F3O3/c1-10-6-11(9-19)8-14(7-10)20-12-2-4-13(5-3-12)21-15(16,17)18/h2-8,19H,9H2,1H3. The van der Waals surface area contributed by atoms with E-state index in [4.69, 9.17) is 9.84 Å². The minimum atomic E-state index is -4.71. The molecule has 6 heteroatoms. The minimum absolute atomic E-state index is 0.115. The molecule has 0 saturated carbocycles. The van der Waals surface area contributed by atoms with E-state index in [2.05, 4.69) is 4.74 Å². The van der Waals surface area contributed by atoms with Gasteiger partial charge in [0.05, 0.1) is 6.61 Å². The van der Waals surface area contributed by atoms with Crippen molar-refractivity contribution in [3.05, 3.63) is 53.6 Å². The Labute approximate surface area is 119 Å². The number of aryl methyl sites for hydroxylation is 1. The average molecular weight is 298 g/mol. The van der Waals surface area contributed by atoms with E-state index in [1.807, 2.05) is 13.0 Å². The molecular formula is C15H13F3O3. The van der Waals surface area contributed by atoms with Crippen molar-refractivity contribution in [2.24, 2.45) is 0 Å². The number of halogens is 3. The number of hydrogen-bond acceptors (Lipinski definition) is 3. The largest absolute Gasteiger partial charge is 0.573 e. The molecule has 0 atom stereocenters. The third-order valence-electron chi connectivity index (χ3n) is 2.59. The Morgan fingerprint density at radius 1 is 0.952 bits per heavy atom. The molecule has 21 heavy (non-hydrogen) atoms. The van der Waals surface area contributed by atoms with Gasteiger partial charge in [-0.25, -0.2) is 0 Å². The molecule has 0 aliphatic carbocycles. The third kappa shape index (κ3) is 4.68. The van der Waals surface area contributed by atoms with E-state index in [9.17, 15) is 13.2 Å². The van der Waals surface area contributed by atoms with Crippen LogP contribution in [0.4, 0.5) is 13.2 Å². The maximum Gasteiger partial charge on any atom is 0.573 e. The zero-order chi connectivity index (χ0) is 15.5. The van der Waals surface area contributed by atoms with Gasteiger partial charge < -0.3 is 14.6 Å². The molecule has 0 heterocycles. The first kappa shape index (κ1) is 15.2. The summed E-state index contributed by atoms with van der Waals surface area (Å²) in [4.78, 5) is 0. The maximum atomic E-state index is 12.0. The van der Waals surface area contributed by atoms with Crippen molar-refractivity contribution in [3.8, 4) is 17.2 Å². The fraction of sp³-hybridized carbons (Fsp3) is 0.200. The van der Waals surface area contributed by atoms with Gasteiger partial charge in [-0.3, -0.25) is 0 Å². The fourth-order valence-electron chi connectivity index (χ4n) is 1.82. The van der Waals surface area contributed by atoms with Crippen LogP contribution in [0.25, 0.3) is 0 Å². The van der Waals surface area contributed by atoms with Crippen LogP contribution in [0.3, 0.4) is 0 Å². The van der Waals surface area contributed by atoms with Gasteiger partial charge >= 0.3 is 6.36 Å². The highest BCUT2D eigenvalue weighted by Gasteiger charge is 2.30. The molecule has 0 saturated heterocycles. The first-order valence-electron chi connectivity index (χ1n) is 6.11. The van der Waals surface area contributed by atoms with E-state index in [0.29, 0.717) is 17.1 Å². The molecule has 2 aromatic carbocycles. The Balaban J connectivity index is 2.11. The second-order valence-electron chi connectivity index (χ2n) is 4.43. The van der Waals surface area contributed by atoms with Crippen molar-refractivity contribution in [3.63, 3.8) is 0 Å². The average Bonchev–Trinajstić information content (AvgIpc) is 2.38. The molecule has 3 nitrogen and oxygen atoms in total. The number of aliphatic hydroxyl groups excluding tert-OH is 1. The van der Waals surface area contributed by atoms with Gasteiger partial charge in [0.25, 0.3) is 0 Å². The molecule has 0 aliphatic heterocycles. The fourth-order valence-corrected chi connectivity index (χ4v) is 1.82. The number of hydrogen-bond donors (Lipinski definition) is 1. The summed E-state index contributed by atoms with van der Waals surface area (Å²) in [5.74, 6) is 0.567. The second kappa shape index (κ2) is 6.05. The van der Waals surface area contributed by atoms with E-state index in [0.717, 1.165) is 5.56 Å². The number of ether oxygens (including phenoxy) is 2. The van der Waals surface area contributed by atoms with Crippen LogP contribution in [-0.4, -0.2) is 11.5 Å². The summed E-state index contributed by atoms with van der Waals surface area (Å²) < 4.78 is 45.4. The molecule has 0 radical (unpaired) electrons. The summed E-state index contributed by atoms with van der Waals surface area (Å²) in [5.41, 5.74) is 1.61. The van der Waals surface area contributed by atoms with Gasteiger partial charge in [-0.05, 0) is 54.4 Å². The monoisotopic (exact) mass is 298 g/mol. The van der Waals surface area contributed by atoms with Crippen LogP contribution in [0.1, 0.15) is 11.1 Å². The summed E-state index contributed by atoms with van der Waals surface area (Å²) in [5, 5.41) is 9.12. The van der Waals surface area contributed by atoms with Crippen molar-refractivity contribution in [2.75, 3.05) is 0 Å². The predicted molar refractivity (Wildman–Crippen MR) is 70.3 cm³/mol. The first-order chi connectivity index (χ1) is 9.85. The smallest absolute Gasteiger partial charge is 0.457 e. The Morgan fingerprint density at radius 3 is 2.14 bits per heavy atom. The lowest BCUT2D eigenvalue weighted by Gasteiger charge is -2.11. The predicted octanol–water partition coefficient (Wildman–Crippen LogP) is 4.18. The molecular weight excluding hydrogens is 285 g/mol. The van der Waals surface area contributed by atoms with Gasteiger partial charge in [-0.2, -0.15) is 0 Å². The number of benzene rings is 2. The molecule has 2 aromatic rings. The highest BCUT2D eigenvalue weighted by molar-refractivity contribution is 5.39. The van der Waals surface area contributed by atoms with Crippen LogP contribution in [-0.2, 0) is 6.61 Å². The van der Waals surface area contributed by atoms with Crippen LogP contribution in [0.2, 0.25) is 0 Å². The van der Waals surface area contributed by atoms with Crippen molar-refractivity contribution in [1.29, 1.82) is 0 Å². The van der Waals surface area contributed by atoms with Gasteiger partial charge in [0, 0.05) is 0 Å². The number of aliphatic hydroxyl groups is 1. The van der Waals surface area contributed by atoms with E-state index in [1.54, 1.807) is 12.1 Å². The lowest BCUT2D eigenvalue weighted by Crippen LogP contribution is -2.16. The van der Waals surface area contributed by atoms with E-state index < -0.39 is 6.36 Å². The Hall–Kier alpha value is -2.21. The number of rotatable bonds is 4. The third-order valence-corrected chi connectivity index (χ3v) is 2.59. The van der Waals surface area contributed by atoms with Crippen molar-refractivity contribution < 1.29 is 27.8 Å². The van der Waals surface area contributed by atoms with Crippen LogP contribution in [0, 0.1) is 6.92 Å². The Bertz CT molecular complexity index is 607. The van der Waals surface area contributed by atoms with Crippen LogP contribution in [0.5, 0.6) is 17.2 Å². The van der Waals surface area contributed by atoms with E-state index in [1.165, 1.54) is 24.3 Å². The zero-order valence-electron chi connectivity index (χ0n) is 11.1. The van der Waals surface area contributed by atoms with Gasteiger partial charge in [-0.1, -0.05) is 6.07 Å². The topological polar surface area (TPSA) is 38.7 Å². The molecule has 112 valence electrons. The quantitative estimate of drug-likeness (QED) is 0.920. The van der Waals surface area contributed by atoms with Crippen molar-refractivity contribution >= 4 is 0 Å². The van der Waals surface area contributed by atoms with Crippen molar-refractivity contribution in [2.45, 2.75) is 19.9 Å². The Kier molecular flexibility index (Phi) is 4.37. The van der Waals surface area contributed by atoms with E-state index in [-0.39, 0.29) is 12.4 Å². The molecule has 2 rings (SSSR count). The zero-order valence-corrected chi connectivity index (χ0v) is 11.1. The van der Waals surface area contributed by atoms with Gasteiger partial charge in [0.1, 0.15) is 17.2 Å².